The predicted molar refractivity (Wildman–Crippen MR) is 63.6 cm³/mol. The lowest BCUT2D eigenvalue weighted by Crippen LogP contribution is -1.99. The van der Waals surface area contributed by atoms with Gasteiger partial charge in [0.1, 0.15) is 0 Å². The lowest BCUT2D eigenvalue weighted by atomic mass is 10.00. The van der Waals surface area contributed by atoms with Gasteiger partial charge in [-0.25, -0.2) is 4.68 Å². The van der Waals surface area contributed by atoms with Crippen molar-refractivity contribution in [2.45, 2.75) is 26.4 Å². The molecule has 0 fully saturated rings. The summed E-state index contributed by atoms with van der Waals surface area (Å²) in [6.07, 6.45) is 3.65. The number of aliphatic hydroxyl groups excluding tert-OH is 1. The van der Waals surface area contributed by atoms with E-state index in [9.17, 15) is 5.11 Å². The van der Waals surface area contributed by atoms with Gasteiger partial charge < -0.3 is 5.11 Å². The molecular weight excluding hydrogens is 200 g/mol. The Morgan fingerprint density at radius 2 is 2.12 bits per heavy atom. The molecule has 0 saturated carbocycles. The van der Waals surface area contributed by atoms with E-state index in [1.807, 2.05) is 29.1 Å². The molecule has 1 heterocycles. The van der Waals surface area contributed by atoms with E-state index in [2.05, 4.69) is 25.0 Å². The summed E-state index contributed by atoms with van der Waals surface area (Å²) >= 11 is 0. The predicted octanol–water partition coefficient (Wildman–Crippen LogP) is 2.49. The van der Waals surface area contributed by atoms with Crippen LogP contribution in [0, 0.1) is 0 Å². The molecule has 84 valence electrons. The summed E-state index contributed by atoms with van der Waals surface area (Å²) in [7, 11) is 0. The van der Waals surface area contributed by atoms with Crippen LogP contribution in [-0.2, 0) is 6.61 Å². The monoisotopic (exact) mass is 216 g/mol. The normalized spacial score (nSPS) is 11.0. The van der Waals surface area contributed by atoms with Crippen molar-refractivity contribution in [2.75, 3.05) is 0 Å². The van der Waals surface area contributed by atoms with Gasteiger partial charge in [0, 0.05) is 12.4 Å². The summed E-state index contributed by atoms with van der Waals surface area (Å²) in [4.78, 5) is 0. The van der Waals surface area contributed by atoms with Gasteiger partial charge in [0.25, 0.3) is 0 Å². The first-order valence-corrected chi connectivity index (χ1v) is 5.45. The van der Waals surface area contributed by atoms with Crippen molar-refractivity contribution in [3.05, 3.63) is 47.8 Å². The highest BCUT2D eigenvalue weighted by Gasteiger charge is 2.05. The first-order chi connectivity index (χ1) is 7.70. The maximum Gasteiger partial charge on any atom is 0.0682 e. The number of hydrogen-bond acceptors (Lipinski definition) is 2. The molecule has 0 spiro atoms. The van der Waals surface area contributed by atoms with Gasteiger partial charge in [-0.1, -0.05) is 19.9 Å². The zero-order valence-corrected chi connectivity index (χ0v) is 9.59. The molecule has 0 radical (unpaired) electrons. The maximum absolute atomic E-state index is 9.24. The topological polar surface area (TPSA) is 38.0 Å². The minimum atomic E-state index is 0.0643. The quantitative estimate of drug-likeness (QED) is 0.856. The van der Waals surface area contributed by atoms with Gasteiger partial charge in [0.2, 0.25) is 0 Å². The standard InChI is InChI=1S/C13H16N2O/c1-10(2)12-6-11(9-16)7-13(8-12)15-5-3-4-14-15/h3-8,10,16H,9H2,1-2H3. The van der Waals surface area contributed by atoms with Crippen molar-refractivity contribution in [3.63, 3.8) is 0 Å². The lowest BCUT2D eigenvalue weighted by molar-refractivity contribution is 0.281. The van der Waals surface area contributed by atoms with E-state index < -0.39 is 0 Å². The van der Waals surface area contributed by atoms with Gasteiger partial charge in [0.15, 0.2) is 0 Å². The van der Waals surface area contributed by atoms with E-state index in [4.69, 9.17) is 0 Å². The molecule has 0 saturated heterocycles. The average Bonchev–Trinajstić information content (AvgIpc) is 2.81. The van der Waals surface area contributed by atoms with Crippen LogP contribution in [-0.4, -0.2) is 14.9 Å². The van der Waals surface area contributed by atoms with Crippen LogP contribution >= 0.6 is 0 Å². The average molecular weight is 216 g/mol. The second-order valence-corrected chi connectivity index (χ2v) is 4.20. The molecule has 0 amide bonds. The second kappa shape index (κ2) is 4.49. The van der Waals surface area contributed by atoms with Crippen LogP contribution in [0.5, 0.6) is 0 Å². The molecule has 1 aromatic heterocycles. The van der Waals surface area contributed by atoms with Crippen LogP contribution in [0.1, 0.15) is 30.9 Å². The summed E-state index contributed by atoms with van der Waals surface area (Å²) in [5, 5.41) is 13.4. The Balaban J connectivity index is 2.49. The third-order valence-corrected chi connectivity index (χ3v) is 2.62. The third-order valence-electron chi connectivity index (χ3n) is 2.62. The zero-order chi connectivity index (χ0) is 11.5. The number of aromatic nitrogens is 2. The van der Waals surface area contributed by atoms with Crippen molar-refractivity contribution in [2.24, 2.45) is 0 Å². The Labute approximate surface area is 95.3 Å². The molecule has 3 nitrogen and oxygen atoms in total. The van der Waals surface area contributed by atoms with Crippen molar-refractivity contribution < 1.29 is 5.11 Å². The number of aliphatic hydroxyl groups is 1. The highest BCUT2D eigenvalue weighted by atomic mass is 16.3. The highest BCUT2D eigenvalue weighted by molar-refractivity contribution is 5.40. The summed E-state index contributed by atoms with van der Waals surface area (Å²) in [6, 6.07) is 7.99. The Hall–Kier alpha value is -1.61. The Morgan fingerprint density at radius 3 is 2.69 bits per heavy atom. The van der Waals surface area contributed by atoms with Gasteiger partial charge >= 0.3 is 0 Å². The van der Waals surface area contributed by atoms with Crippen molar-refractivity contribution >= 4 is 0 Å². The zero-order valence-electron chi connectivity index (χ0n) is 9.59. The van der Waals surface area contributed by atoms with E-state index in [-0.39, 0.29) is 6.61 Å². The molecule has 0 aliphatic heterocycles. The maximum atomic E-state index is 9.24. The summed E-state index contributed by atoms with van der Waals surface area (Å²) < 4.78 is 1.81. The van der Waals surface area contributed by atoms with Crippen molar-refractivity contribution in [3.8, 4) is 5.69 Å². The first kappa shape index (κ1) is 10.9. The van der Waals surface area contributed by atoms with E-state index in [1.54, 1.807) is 6.20 Å². The van der Waals surface area contributed by atoms with Crippen LogP contribution in [0.2, 0.25) is 0 Å². The summed E-state index contributed by atoms with van der Waals surface area (Å²) in [5.41, 5.74) is 3.15. The second-order valence-electron chi connectivity index (χ2n) is 4.20. The molecule has 1 aromatic carbocycles. The van der Waals surface area contributed by atoms with E-state index >= 15 is 0 Å². The van der Waals surface area contributed by atoms with Crippen molar-refractivity contribution in [1.82, 2.24) is 9.78 Å². The van der Waals surface area contributed by atoms with E-state index in [0.29, 0.717) is 5.92 Å². The van der Waals surface area contributed by atoms with Gasteiger partial charge in [-0.15, -0.1) is 0 Å². The van der Waals surface area contributed by atoms with E-state index in [0.717, 1.165) is 11.3 Å². The fraction of sp³-hybridized carbons (Fsp3) is 0.308. The van der Waals surface area contributed by atoms with Crippen LogP contribution in [0.15, 0.2) is 36.7 Å². The third kappa shape index (κ3) is 2.14. The molecular formula is C13H16N2O. The molecule has 2 aromatic rings. The highest BCUT2D eigenvalue weighted by Crippen LogP contribution is 2.20. The molecule has 0 unspecified atom stereocenters. The van der Waals surface area contributed by atoms with Gasteiger partial charge in [-0.05, 0) is 35.2 Å². The van der Waals surface area contributed by atoms with Gasteiger partial charge in [0.05, 0.1) is 12.3 Å². The Bertz CT molecular complexity index is 461. The molecule has 0 aliphatic rings. The minimum absolute atomic E-state index is 0.0643. The smallest absolute Gasteiger partial charge is 0.0682 e. The van der Waals surface area contributed by atoms with E-state index in [1.165, 1.54) is 5.56 Å². The number of benzene rings is 1. The number of nitrogens with zero attached hydrogens (tertiary/aromatic N) is 2. The summed E-state index contributed by atoms with van der Waals surface area (Å²) in [6.45, 7) is 4.35. The molecule has 0 bridgehead atoms. The molecule has 16 heavy (non-hydrogen) atoms. The van der Waals surface area contributed by atoms with Gasteiger partial charge in [-0.3, -0.25) is 0 Å². The van der Waals surface area contributed by atoms with Crippen LogP contribution in [0.3, 0.4) is 0 Å². The summed E-state index contributed by atoms with van der Waals surface area (Å²) in [5.74, 6) is 0.445. The number of rotatable bonds is 3. The van der Waals surface area contributed by atoms with Crippen molar-refractivity contribution in [1.29, 1.82) is 0 Å². The Kier molecular flexibility index (Phi) is 3.06. The lowest BCUT2D eigenvalue weighted by Gasteiger charge is -2.11. The fourth-order valence-electron chi connectivity index (χ4n) is 1.68. The van der Waals surface area contributed by atoms with Crippen LogP contribution < -0.4 is 0 Å². The number of hydrogen-bond donors (Lipinski definition) is 1. The molecule has 0 atom stereocenters. The SMILES string of the molecule is CC(C)c1cc(CO)cc(-n2cccn2)c1. The molecule has 3 heteroatoms. The fourth-order valence-corrected chi connectivity index (χ4v) is 1.68. The van der Waals surface area contributed by atoms with Gasteiger partial charge in [-0.2, -0.15) is 5.10 Å². The molecule has 0 aliphatic carbocycles. The minimum Gasteiger partial charge on any atom is -0.392 e. The van der Waals surface area contributed by atoms with Crippen LogP contribution in [0.25, 0.3) is 5.69 Å². The first-order valence-electron chi connectivity index (χ1n) is 5.45. The largest absolute Gasteiger partial charge is 0.392 e. The molecule has 2 rings (SSSR count). The Morgan fingerprint density at radius 1 is 1.31 bits per heavy atom. The van der Waals surface area contributed by atoms with Crippen LogP contribution in [0.4, 0.5) is 0 Å². The molecule has 1 N–H and O–H groups in total.